The summed E-state index contributed by atoms with van der Waals surface area (Å²) < 4.78 is 0. The quantitative estimate of drug-likeness (QED) is 0.646. The van der Waals surface area contributed by atoms with Gasteiger partial charge in [0.2, 0.25) is 17.7 Å². The van der Waals surface area contributed by atoms with Crippen molar-refractivity contribution >= 4 is 46.6 Å². The maximum absolute atomic E-state index is 12.6. The number of halogens is 2. The van der Waals surface area contributed by atoms with E-state index in [1.807, 2.05) is 0 Å². The number of benzene rings is 1. The van der Waals surface area contributed by atoms with Crippen molar-refractivity contribution < 1.29 is 14.4 Å². The van der Waals surface area contributed by atoms with Crippen LogP contribution >= 0.6 is 23.2 Å². The van der Waals surface area contributed by atoms with Crippen LogP contribution in [0.25, 0.3) is 0 Å². The van der Waals surface area contributed by atoms with Crippen LogP contribution in [0.1, 0.15) is 12.8 Å². The Labute approximate surface area is 155 Å². The van der Waals surface area contributed by atoms with Gasteiger partial charge in [0.25, 0.3) is 0 Å². The second-order valence-electron chi connectivity index (χ2n) is 6.75. The van der Waals surface area contributed by atoms with Crippen molar-refractivity contribution in [3.8, 4) is 0 Å². The maximum atomic E-state index is 12.6. The number of nitrogens with one attached hydrogen (secondary N) is 1. The lowest BCUT2D eigenvalue weighted by molar-refractivity contribution is -0.140. The first-order valence-corrected chi connectivity index (χ1v) is 9.00. The van der Waals surface area contributed by atoms with Crippen molar-refractivity contribution in [3.63, 3.8) is 0 Å². The molecule has 7 heteroatoms. The largest absolute Gasteiger partial charge is 0.325 e. The first-order valence-electron chi connectivity index (χ1n) is 8.24. The van der Waals surface area contributed by atoms with Crippen LogP contribution in [0.5, 0.6) is 0 Å². The second-order valence-corrected chi connectivity index (χ2v) is 7.59. The normalized spacial score (nSPS) is 29.4. The molecule has 5 nitrogen and oxygen atoms in total. The van der Waals surface area contributed by atoms with Gasteiger partial charge in [-0.25, -0.2) is 0 Å². The molecule has 1 saturated heterocycles. The van der Waals surface area contributed by atoms with Crippen LogP contribution in [0.2, 0.25) is 10.0 Å². The lowest BCUT2D eigenvalue weighted by atomic mass is 9.85. The van der Waals surface area contributed by atoms with Gasteiger partial charge in [0.15, 0.2) is 0 Å². The average molecular weight is 379 g/mol. The third-order valence-electron chi connectivity index (χ3n) is 5.33. The fourth-order valence-electron chi connectivity index (χ4n) is 4.20. The minimum Gasteiger partial charge on any atom is -0.325 e. The number of hydrogen-bond acceptors (Lipinski definition) is 3. The molecule has 3 aliphatic rings. The van der Waals surface area contributed by atoms with E-state index in [1.54, 1.807) is 12.1 Å². The molecule has 25 heavy (non-hydrogen) atoms. The molecule has 1 N–H and O–H groups in total. The zero-order chi connectivity index (χ0) is 17.7. The van der Waals surface area contributed by atoms with Gasteiger partial charge in [-0.05, 0) is 36.5 Å². The topological polar surface area (TPSA) is 66.5 Å². The molecule has 1 heterocycles. The number of fused-ring (bicyclic) bond motifs is 5. The molecule has 2 aliphatic carbocycles. The molecule has 4 atom stereocenters. The number of carbonyl (C=O) groups excluding carboxylic acids is 3. The average Bonchev–Trinajstić information content (AvgIpc) is 3.23. The van der Waals surface area contributed by atoms with Crippen molar-refractivity contribution in [1.82, 2.24) is 4.90 Å². The van der Waals surface area contributed by atoms with Crippen molar-refractivity contribution in [2.45, 2.75) is 12.8 Å². The molecule has 0 radical (unpaired) electrons. The van der Waals surface area contributed by atoms with Crippen molar-refractivity contribution in [2.24, 2.45) is 23.7 Å². The Bertz CT molecular complexity index is 778. The first kappa shape index (κ1) is 16.6. The van der Waals surface area contributed by atoms with Crippen molar-refractivity contribution in [1.29, 1.82) is 0 Å². The molecule has 1 aromatic carbocycles. The van der Waals surface area contributed by atoms with Crippen LogP contribution in [0.15, 0.2) is 30.4 Å². The summed E-state index contributed by atoms with van der Waals surface area (Å²) in [5.41, 5.74) is 0.453. The Hall–Kier alpha value is -1.85. The summed E-state index contributed by atoms with van der Waals surface area (Å²) in [6.07, 6.45) is 5.04. The minimum atomic E-state index is -0.303. The third kappa shape index (κ3) is 2.75. The summed E-state index contributed by atoms with van der Waals surface area (Å²) in [6.45, 7) is 0.0984. The Kier molecular flexibility index (Phi) is 4.08. The van der Waals surface area contributed by atoms with Crippen LogP contribution < -0.4 is 5.32 Å². The molecule has 3 amide bonds. The number of imide groups is 1. The number of nitrogens with zero attached hydrogens (tertiary/aromatic N) is 1. The highest BCUT2D eigenvalue weighted by Gasteiger charge is 2.58. The van der Waals surface area contributed by atoms with Gasteiger partial charge in [0.1, 0.15) is 0 Å². The monoisotopic (exact) mass is 378 g/mol. The number of amides is 3. The molecule has 2 fully saturated rings. The summed E-state index contributed by atoms with van der Waals surface area (Å²) in [5, 5.41) is 3.50. The maximum Gasteiger partial charge on any atom is 0.233 e. The van der Waals surface area contributed by atoms with Gasteiger partial charge in [-0.1, -0.05) is 35.4 Å². The number of allylic oxidation sites excluding steroid dienone is 2. The number of hydrogen-bond donors (Lipinski definition) is 1. The van der Waals surface area contributed by atoms with Crippen LogP contribution in [0.3, 0.4) is 0 Å². The molecule has 0 spiro atoms. The van der Waals surface area contributed by atoms with E-state index >= 15 is 0 Å². The van der Waals surface area contributed by atoms with E-state index in [1.165, 1.54) is 11.0 Å². The van der Waals surface area contributed by atoms with E-state index in [0.717, 1.165) is 6.42 Å². The first-order chi connectivity index (χ1) is 12.0. The zero-order valence-corrected chi connectivity index (χ0v) is 14.8. The standard InChI is InChI=1S/C18H16Cl2N2O3/c19-11-3-4-13(12(20)8-11)21-14(23)5-6-22-17(24)15-9-1-2-10(7-9)16(15)18(22)25/h1-4,8-10,15-16H,5-7H2,(H,21,23). The SMILES string of the molecule is O=C(CCN1C(=O)C2C3C=CC(C3)C2C1=O)Nc1ccc(Cl)cc1Cl. The summed E-state index contributed by atoms with van der Waals surface area (Å²) in [7, 11) is 0. The summed E-state index contributed by atoms with van der Waals surface area (Å²) in [5.74, 6) is -0.667. The van der Waals surface area contributed by atoms with Crippen molar-refractivity contribution in [2.75, 3.05) is 11.9 Å². The van der Waals surface area contributed by atoms with E-state index in [0.29, 0.717) is 15.7 Å². The van der Waals surface area contributed by atoms with Gasteiger partial charge in [-0.2, -0.15) is 0 Å². The fraction of sp³-hybridized carbons (Fsp3) is 0.389. The number of likely N-dealkylation sites (tertiary alicyclic amines) is 1. The smallest absolute Gasteiger partial charge is 0.233 e. The Balaban J connectivity index is 1.38. The van der Waals surface area contributed by atoms with Crippen LogP contribution in [0, 0.1) is 23.7 Å². The molecular formula is C18H16Cl2N2O3. The summed E-state index contributed by atoms with van der Waals surface area (Å²) in [4.78, 5) is 38.5. The van der Waals surface area contributed by atoms with E-state index in [2.05, 4.69) is 17.5 Å². The molecule has 1 aliphatic heterocycles. The number of carbonyl (C=O) groups is 3. The van der Waals surface area contributed by atoms with Crippen molar-refractivity contribution in [3.05, 3.63) is 40.4 Å². The van der Waals surface area contributed by atoms with E-state index in [9.17, 15) is 14.4 Å². The third-order valence-corrected chi connectivity index (χ3v) is 5.88. The number of anilines is 1. The highest BCUT2D eigenvalue weighted by atomic mass is 35.5. The zero-order valence-electron chi connectivity index (χ0n) is 13.2. The lowest BCUT2D eigenvalue weighted by Gasteiger charge is -2.17. The van der Waals surface area contributed by atoms with Crippen LogP contribution in [-0.2, 0) is 14.4 Å². The highest BCUT2D eigenvalue weighted by molar-refractivity contribution is 6.36. The molecule has 2 bridgehead atoms. The summed E-state index contributed by atoms with van der Waals surface area (Å²) >= 11 is 11.9. The van der Waals surface area contributed by atoms with Gasteiger partial charge in [-0.3, -0.25) is 19.3 Å². The number of rotatable bonds is 4. The van der Waals surface area contributed by atoms with E-state index < -0.39 is 0 Å². The van der Waals surface area contributed by atoms with Gasteiger partial charge in [0.05, 0.1) is 22.5 Å². The van der Waals surface area contributed by atoms with Crippen LogP contribution in [0.4, 0.5) is 5.69 Å². The predicted octanol–water partition coefficient (Wildman–Crippen LogP) is 3.13. The Morgan fingerprint density at radius 3 is 2.36 bits per heavy atom. The molecule has 1 aromatic rings. The van der Waals surface area contributed by atoms with Gasteiger partial charge in [-0.15, -0.1) is 0 Å². The molecule has 0 aromatic heterocycles. The Morgan fingerprint density at radius 1 is 1.12 bits per heavy atom. The van der Waals surface area contributed by atoms with Gasteiger partial charge >= 0.3 is 0 Å². The van der Waals surface area contributed by atoms with Gasteiger partial charge in [0, 0.05) is 18.0 Å². The minimum absolute atomic E-state index is 0.0403. The molecule has 130 valence electrons. The molecular weight excluding hydrogens is 363 g/mol. The lowest BCUT2D eigenvalue weighted by Crippen LogP contribution is -2.35. The van der Waals surface area contributed by atoms with Crippen LogP contribution in [-0.4, -0.2) is 29.2 Å². The highest BCUT2D eigenvalue weighted by Crippen LogP contribution is 2.52. The second kappa shape index (κ2) is 6.15. The predicted molar refractivity (Wildman–Crippen MR) is 94.1 cm³/mol. The summed E-state index contributed by atoms with van der Waals surface area (Å²) in [6, 6.07) is 4.78. The Morgan fingerprint density at radius 2 is 1.76 bits per heavy atom. The van der Waals surface area contributed by atoms with Gasteiger partial charge < -0.3 is 5.32 Å². The molecule has 4 unspecified atom stereocenters. The molecule has 1 saturated carbocycles. The van der Waals surface area contributed by atoms with E-state index in [-0.39, 0.29) is 54.4 Å². The molecule has 4 rings (SSSR count). The fourth-order valence-corrected chi connectivity index (χ4v) is 4.66. The van der Waals surface area contributed by atoms with E-state index in [4.69, 9.17) is 23.2 Å².